The molecule has 1 N–H and O–H groups in total. The van der Waals surface area contributed by atoms with Gasteiger partial charge in [-0.2, -0.15) is 0 Å². The molecule has 6 nitrogen and oxygen atoms in total. The second-order valence-electron chi connectivity index (χ2n) is 5.36. The van der Waals surface area contributed by atoms with Crippen LogP contribution in [0.25, 0.3) is 6.08 Å². The lowest BCUT2D eigenvalue weighted by atomic mass is 10.1. The van der Waals surface area contributed by atoms with Crippen molar-refractivity contribution in [3.8, 4) is 17.2 Å². The molecule has 0 fully saturated rings. The van der Waals surface area contributed by atoms with Crippen molar-refractivity contribution in [1.82, 2.24) is 0 Å². The average Bonchev–Trinajstić information content (AvgIpc) is 2.68. The molecular formula is C20H22ClNO5. The number of nitrogens with one attached hydrogen (secondary N) is 1. The van der Waals surface area contributed by atoms with Crippen molar-refractivity contribution in [2.24, 2.45) is 0 Å². The van der Waals surface area contributed by atoms with Crippen LogP contribution in [-0.2, 0) is 9.53 Å². The maximum Gasteiger partial charge on any atom is 0.248 e. The average molecular weight is 392 g/mol. The Morgan fingerprint density at radius 2 is 1.81 bits per heavy atom. The highest BCUT2D eigenvalue weighted by Gasteiger charge is 2.11. The fraction of sp³-hybridized carbons (Fsp3) is 0.250. The Bertz CT molecular complexity index is 807. The van der Waals surface area contributed by atoms with E-state index in [9.17, 15) is 4.79 Å². The fourth-order valence-electron chi connectivity index (χ4n) is 2.36. The number of amides is 1. The van der Waals surface area contributed by atoms with Crippen LogP contribution in [0.2, 0.25) is 5.02 Å². The summed E-state index contributed by atoms with van der Waals surface area (Å²) >= 11 is 6.17. The van der Waals surface area contributed by atoms with Gasteiger partial charge in [0.05, 0.1) is 31.5 Å². The minimum absolute atomic E-state index is 0.319. The van der Waals surface area contributed by atoms with Gasteiger partial charge in [-0.05, 0) is 24.3 Å². The maximum atomic E-state index is 12.3. The van der Waals surface area contributed by atoms with Crippen LogP contribution < -0.4 is 19.5 Å². The molecule has 2 aromatic rings. The first-order valence-corrected chi connectivity index (χ1v) is 8.58. The summed E-state index contributed by atoms with van der Waals surface area (Å²) in [7, 11) is 4.68. The summed E-state index contributed by atoms with van der Waals surface area (Å²) in [6.45, 7) is 0.730. The third-order valence-electron chi connectivity index (χ3n) is 3.61. The zero-order valence-electron chi connectivity index (χ0n) is 15.5. The van der Waals surface area contributed by atoms with Gasteiger partial charge in [0.2, 0.25) is 5.91 Å². The van der Waals surface area contributed by atoms with E-state index in [-0.39, 0.29) is 5.91 Å². The molecule has 0 saturated heterocycles. The van der Waals surface area contributed by atoms with Gasteiger partial charge in [-0.25, -0.2) is 0 Å². The van der Waals surface area contributed by atoms with Crippen LogP contribution in [0.4, 0.5) is 5.69 Å². The minimum Gasteiger partial charge on any atom is -0.493 e. The number of halogens is 1. The Labute approximate surface area is 163 Å². The summed E-state index contributed by atoms with van der Waals surface area (Å²) in [5.74, 6) is 1.20. The van der Waals surface area contributed by atoms with Crippen molar-refractivity contribution in [1.29, 1.82) is 0 Å². The highest BCUT2D eigenvalue weighted by Crippen LogP contribution is 2.33. The van der Waals surface area contributed by atoms with Crippen molar-refractivity contribution in [3.63, 3.8) is 0 Å². The molecule has 144 valence electrons. The summed E-state index contributed by atoms with van der Waals surface area (Å²) in [4.78, 5) is 12.3. The first-order chi connectivity index (χ1) is 13.1. The quantitative estimate of drug-likeness (QED) is 0.516. The van der Waals surface area contributed by atoms with Crippen molar-refractivity contribution in [2.45, 2.75) is 0 Å². The van der Waals surface area contributed by atoms with Gasteiger partial charge in [-0.3, -0.25) is 4.79 Å². The van der Waals surface area contributed by atoms with E-state index >= 15 is 0 Å². The van der Waals surface area contributed by atoms with E-state index < -0.39 is 0 Å². The van der Waals surface area contributed by atoms with Crippen LogP contribution in [0.3, 0.4) is 0 Å². The molecule has 2 rings (SSSR count). The van der Waals surface area contributed by atoms with E-state index in [1.165, 1.54) is 6.08 Å². The Kier molecular flexibility index (Phi) is 7.98. The Hall–Kier alpha value is -2.70. The third kappa shape index (κ3) is 5.64. The SMILES string of the molecule is COCCOc1c(Cl)cccc1NC(=O)/C=C/c1cccc(OC)c1OC. The van der Waals surface area contributed by atoms with E-state index in [0.29, 0.717) is 41.2 Å². The monoisotopic (exact) mass is 391 g/mol. The summed E-state index contributed by atoms with van der Waals surface area (Å²) < 4.78 is 21.2. The third-order valence-corrected chi connectivity index (χ3v) is 3.90. The van der Waals surface area contributed by atoms with E-state index in [1.54, 1.807) is 51.7 Å². The molecule has 0 atom stereocenters. The van der Waals surface area contributed by atoms with Gasteiger partial charge in [0.25, 0.3) is 0 Å². The molecule has 1 amide bonds. The minimum atomic E-state index is -0.335. The molecule has 0 aliphatic carbocycles. The van der Waals surface area contributed by atoms with Gasteiger partial charge in [0, 0.05) is 18.7 Å². The lowest BCUT2D eigenvalue weighted by molar-refractivity contribution is -0.111. The zero-order chi connectivity index (χ0) is 19.6. The summed E-state index contributed by atoms with van der Waals surface area (Å²) in [6, 6.07) is 10.6. The van der Waals surface area contributed by atoms with Gasteiger partial charge < -0.3 is 24.3 Å². The summed E-state index contributed by atoms with van der Waals surface area (Å²) in [5.41, 5.74) is 1.19. The van der Waals surface area contributed by atoms with Gasteiger partial charge >= 0.3 is 0 Å². The first-order valence-electron chi connectivity index (χ1n) is 8.21. The predicted molar refractivity (Wildman–Crippen MR) is 106 cm³/mol. The molecular weight excluding hydrogens is 370 g/mol. The van der Waals surface area contributed by atoms with Gasteiger partial charge in [0.15, 0.2) is 17.2 Å². The second kappa shape index (κ2) is 10.4. The standard InChI is InChI=1S/C20H22ClNO5/c1-24-12-13-27-20-15(21)7-5-8-16(20)22-18(23)11-10-14-6-4-9-17(25-2)19(14)26-3/h4-11H,12-13H2,1-3H3,(H,22,23)/b11-10+. The second-order valence-corrected chi connectivity index (χ2v) is 5.77. The molecule has 0 aromatic heterocycles. The molecule has 0 heterocycles. The lowest BCUT2D eigenvalue weighted by Gasteiger charge is -2.13. The van der Waals surface area contributed by atoms with Crippen LogP contribution in [0.15, 0.2) is 42.5 Å². The van der Waals surface area contributed by atoms with Crippen molar-refractivity contribution < 1.29 is 23.7 Å². The molecule has 0 radical (unpaired) electrons. The molecule has 0 aliphatic rings. The number of ether oxygens (including phenoxy) is 4. The number of para-hydroxylation sites is 2. The van der Waals surface area contributed by atoms with Crippen LogP contribution in [0.1, 0.15) is 5.56 Å². The molecule has 0 bridgehead atoms. The molecule has 7 heteroatoms. The van der Waals surface area contributed by atoms with Crippen LogP contribution >= 0.6 is 11.6 Å². The fourth-order valence-corrected chi connectivity index (χ4v) is 2.59. The topological polar surface area (TPSA) is 66.0 Å². The number of methoxy groups -OCH3 is 3. The normalized spacial score (nSPS) is 10.7. The Morgan fingerprint density at radius 1 is 1.04 bits per heavy atom. The lowest BCUT2D eigenvalue weighted by Crippen LogP contribution is -2.11. The molecule has 2 aromatic carbocycles. The van der Waals surface area contributed by atoms with Crippen molar-refractivity contribution in [2.75, 3.05) is 39.9 Å². The summed E-state index contributed by atoms with van der Waals surface area (Å²) in [6.07, 6.45) is 3.05. The van der Waals surface area contributed by atoms with Crippen LogP contribution in [-0.4, -0.2) is 40.5 Å². The number of hydrogen-bond acceptors (Lipinski definition) is 5. The predicted octanol–water partition coefficient (Wildman–Crippen LogP) is 4.03. The molecule has 0 unspecified atom stereocenters. The van der Waals surface area contributed by atoms with Crippen LogP contribution in [0, 0.1) is 0 Å². The molecule has 0 saturated carbocycles. The van der Waals surface area contributed by atoms with Gasteiger partial charge in [-0.1, -0.05) is 29.8 Å². The number of rotatable bonds is 9. The van der Waals surface area contributed by atoms with E-state index in [1.807, 2.05) is 12.1 Å². The molecule has 0 spiro atoms. The zero-order valence-corrected chi connectivity index (χ0v) is 16.2. The van der Waals surface area contributed by atoms with E-state index in [0.717, 1.165) is 5.56 Å². The van der Waals surface area contributed by atoms with E-state index in [4.69, 9.17) is 30.5 Å². The number of benzene rings is 2. The Balaban J connectivity index is 2.15. The number of hydrogen-bond donors (Lipinski definition) is 1. The highest BCUT2D eigenvalue weighted by atomic mass is 35.5. The molecule has 27 heavy (non-hydrogen) atoms. The smallest absolute Gasteiger partial charge is 0.248 e. The first kappa shape index (κ1) is 20.6. The van der Waals surface area contributed by atoms with Crippen molar-refractivity contribution in [3.05, 3.63) is 53.1 Å². The van der Waals surface area contributed by atoms with Crippen LogP contribution in [0.5, 0.6) is 17.2 Å². The van der Waals surface area contributed by atoms with Gasteiger partial charge in [-0.15, -0.1) is 0 Å². The van der Waals surface area contributed by atoms with Gasteiger partial charge in [0.1, 0.15) is 6.61 Å². The Morgan fingerprint density at radius 3 is 2.52 bits per heavy atom. The van der Waals surface area contributed by atoms with E-state index in [2.05, 4.69) is 5.32 Å². The maximum absolute atomic E-state index is 12.3. The van der Waals surface area contributed by atoms with Crippen molar-refractivity contribution >= 4 is 29.3 Å². The highest BCUT2D eigenvalue weighted by molar-refractivity contribution is 6.32. The number of carbonyl (C=O) groups excluding carboxylic acids is 1. The molecule has 0 aliphatic heterocycles. The summed E-state index contributed by atoms with van der Waals surface area (Å²) in [5, 5.41) is 3.17. The number of carbonyl (C=O) groups is 1. The number of anilines is 1. The largest absolute Gasteiger partial charge is 0.493 e.